The van der Waals surface area contributed by atoms with Gasteiger partial charge in [0.25, 0.3) is 11.8 Å². The van der Waals surface area contributed by atoms with Gasteiger partial charge < -0.3 is 21.1 Å². The maximum absolute atomic E-state index is 12.3. The maximum atomic E-state index is 12.3. The zero-order valence-electron chi connectivity index (χ0n) is 20.7. The molecule has 0 unspecified atom stereocenters. The van der Waals surface area contributed by atoms with Crippen molar-refractivity contribution in [3.05, 3.63) is 88.7 Å². The van der Waals surface area contributed by atoms with Gasteiger partial charge in [0.05, 0.1) is 24.5 Å². The normalized spacial score (nSPS) is 11.1. The second-order valence-corrected chi connectivity index (χ2v) is 8.48. The van der Waals surface area contributed by atoms with Gasteiger partial charge in [-0.2, -0.15) is 0 Å². The minimum atomic E-state index is -1.31. The summed E-state index contributed by atoms with van der Waals surface area (Å²) in [4.78, 5) is 40.0. The number of benzene rings is 2. The lowest BCUT2D eigenvalue weighted by molar-refractivity contribution is -0.133. The predicted molar refractivity (Wildman–Crippen MR) is 153 cm³/mol. The molecule has 1 aromatic heterocycles. The van der Waals surface area contributed by atoms with Gasteiger partial charge >= 0.3 is 0 Å². The SMILES string of the molecule is C.C[C@@H](O)[C@H](NC(=O)c1ccc(C#CC#Cc2ccc(NC(=O)CNc3ccc(Cl)nc3)cc2)cc1)C(=O)NO. The van der Waals surface area contributed by atoms with Crippen molar-refractivity contribution in [2.24, 2.45) is 0 Å². The summed E-state index contributed by atoms with van der Waals surface area (Å²) in [5.41, 5.74) is 4.27. The molecule has 0 aliphatic rings. The summed E-state index contributed by atoms with van der Waals surface area (Å²) in [6.45, 7) is 1.38. The number of hydrogen-bond donors (Lipinski definition) is 6. The second kappa shape index (κ2) is 15.5. The van der Waals surface area contributed by atoms with Gasteiger partial charge in [0.1, 0.15) is 11.2 Å². The van der Waals surface area contributed by atoms with Crippen molar-refractivity contribution in [2.45, 2.75) is 26.5 Å². The van der Waals surface area contributed by atoms with E-state index < -0.39 is 24.0 Å². The number of halogens is 1. The Morgan fingerprint density at radius 3 is 2.02 bits per heavy atom. The molecule has 10 nitrogen and oxygen atoms in total. The van der Waals surface area contributed by atoms with E-state index in [1.807, 2.05) is 0 Å². The van der Waals surface area contributed by atoms with E-state index in [-0.39, 0.29) is 25.4 Å². The lowest BCUT2D eigenvalue weighted by Gasteiger charge is -2.19. The number of aromatic nitrogens is 1. The van der Waals surface area contributed by atoms with Crippen molar-refractivity contribution in [1.82, 2.24) is 15.8 Å². The topological polar surface area (TPSA) is 153 Å². The van der Waals surface area contributed by atoms with E-state index >= 15 is 0 Å². The van der Waals surface area contributed by atoms with Gasteiger partial charge in [-0.25, -0.2) is 10.5 Å². The molecule has 0 radical (unpaired) electrons. The van der Waals surface area contributed by atoms with Gasteiger partial charge in [-0.05, 0) is 79.4 Å². The fourth-order valence-electron chi connectivity index (χ4n) is 3.12. The quantitative estimate of drug-likeness (QED) is 0.107. The first-order valence-electron chi connectivity index (χ1n) is 11.6. The molecular weight excluding hydrogens is 534 g/mol. The molecule has 3 rings (SSSR count). The van der Waals surface area contributed by atoms with Crippen LogP contribution in [0.5, 0.6) is 0 Å². The number of aliphatic hydroxyl groups is 1. The van der Waals surface area contributed by atoms with Gasteiger partial charge in [0.15, 0.2) is 0 Å². The number of hydroxylamine groups is 1. The molecule has 2 aromatic carbocycles. The largest absolute Gasteiger partial charge is 0.391 e. The fourth-order valence-corrected chi connectivity index (χ4v) is 3.23. The van der Waals surface area contributed by atoms with Crippen molar-refractivity contribution in [3.8, 4) is 23.7 Å². The number of aliphatic hydroxyl groups excluding tert-OH is 1. The van der Waals surface area contributed by atoms with Gasteiger partial charge in [0, 0.05) is 22.4 Å². The molecule has 11 heteroatoms. The molecule has 0 saturated carbocycles. The first kappa shape index (κ1) is 31.3. The lowest BCUT2D eigenvalue weighted by Crippen LogP contribution is -2.51. The summed E-state index contributed by atoms with van der Waals surface area (Å²) in [7, 11) is 0. The highest BCUT2D eigenvalue weighted by atomic mass is 35.5. The third-order valence-electron chi connectivity index (χ3n) is 5.13. The van der Waals surface area contributed by atoms with Crippen LogP contribution in [0.4, 0.5) is 11.4 Å². The minimum absolute atomic E-state index is 0. The average molecular weight is 562 g/mol. The Morgan fingerprint density at radius 2 is 1.50 bits per heavy atom. The van der Waals surface area contributed by atoms with Crippen LogP contribution in [0.15, 0.2) is 66.9 Å². The Morgan fingerprint density at radius 1 is 0.925 bits per heavy atom. The van der Waals surface area contributed by atoms with Gasteiger partial charge in [-0.1, -0.05) is 30.9 Å². The van der Waals surface area contributed by atoms with Crippen LogP contribution in [0.3, 0.4) is 0 Å². The molecule has 0 saturated heterocycles. The molecule has 0 spiro atoms. The zero-order valence-corrected chi connectivity index (χ0v) is 21.4. The number of nitrogens with one attached hydrogen (secondary N) is 4. The van der Waals surface area contributed by atoms with Crippen LogP contribution in [-0.2, 0) is 9.59 Å². The number of nitrogens with zero attached hydrogens (tertiary/aromatic N) is 1. The van der Waals surface area contributed by atoms with Gasteiger partial charge in [0.2, 0.25) is 5.91 Å². The number of amides is 3. The van der Waals surface area contributed by atoms with Crippen LogP contribution in [0.25, 0.3) is 0 Å². The van der Waals surface area contributed by atoms with E-state index in [9.17, 15) is 19.5 Å². The Labute approximate surface area is 237 Å². The molecule has 0 bridgehead atoms. The first-order valence-corrected chi connectivity index (χ1v) is 11.9. The molecule has 1 heterocycles. The van der Waals surface area contributed by atoms with Crippen LogP contribution in [0.1, 0.15) is 35.8 Å². The smallest absolute Gasteiger partial charge is 0.268 e. The van der Waals surface area contributed by atoms with Crippen LogP contribution in [0.2, 0.25) is 5.15 Å². The van der Waals surface area contributed by atoms with E-state index in [1.165, 1.54) is 24.5 Å². The first-order chi connectivity index (χ1) is 18.7. The number of anilines is 2. The second-order valence-electron chi connectivity index (χ2n) is 8.09. The highest BCUT2D eigenvalue weighted by molar-refractivity contribution is 6.29. The summed E-state index contributed by atoms with van der Waals surface area (Å²) in [5, 5.41) is 26.8. The van der Waals surface area contributed by atoms with E-state index in [0.717, 1.165) is 0 Å². The van der Waals surface area contributed by atoms with Crippen molar-refractivity contribution >= 4 is 40.7 Å². The van der Waals surface area contributed by atoms with E-state index in [0.29, 0.717) is 27.7 Å². The monoisotopic (exact) mass is 561 g/mol. The molecule has 3 amide bonds. The van der Waals surface area contributed by atoms with Crippen molar-refractivity contribution in [1.29, 1.82) is 0 Å². The van der Waals surface area contributed by atoms with Crippen LogP contribution >= 0.6 is 11.6 Å². The highest BCUT2D eigenvalue weighted by Crippen LogP contribution is 2.11. The van der Waals surface area contributed by atoms with Crippen LogP contribution in [0, 0.1) is 23.7 Å². The average Bonchev–Trinajstić information content (AvgIpc) is 2.94. The molecule has 6 N–H and O–H groups in total. The predicted octanol–water partition coefficient (Wildman–Crippen LogP) is 2.81. The number of carbonyl (C=O) groups excluding carboxylic acids is 3. The molecular formula is C29H28ClN5O5. The summed E-state index contributed by atoms with van der Waals surface area (Å²) < 4.78 is 0. The summed E-state index contributed by atoms with van der Waals surface area (Å²) >= 11 is 5.74. The standard InChI is InChI=1S/C28H24ClN5O5.CH4/c1-18(35)26(28(38)34-39)33-27(37)21-10-6-19(7-11-21)4-2-3-5-20-8-12-22(13-9-20)32-25(36)17-30-23-14-15-24(29)31-16-23;/h6-16,18,26,30,35,39H,17H2,1H3,(H,32,36)(H,33,37)(H,34,38);1H4/t18-,26+;/m1./s1. The third-order valence-corrected chi connectivity index (χ3v) is 5.36. The zero-order chi connectivity index (χ0) is 28.2. The number of hydrogen-bond acceptors (Lipinski definition) is 7. The third kappa shape index (κ3) is 9.78. The highest BCUT2D eigenvalue weighted by Gasteiger charge is 2.25. The number of rotatable bonds is 8. The summed E-state index contributed by atoms with van der Waals surface area (Å²) in [6.07, 6.45) is 0.332. The lowest BCUT2D eigenvalue weighted by atomic mass is 10.1. The van der Waals surface area contributed by atoms with Crippen molar-refractivity contribution in [2.75, 3.05) is 17.2 Å². The fraction of sp³-hybridized carbons (Fsp3) is 0.172. The Kier molecular flexibility index (Phi) is 12.2. The minimum Gasteiger partial charge on any atom is -0.391 e. The summed E-state index contributed by atoms with van der Waals surface area (Å²) in [6, 6.07) is 15.3. The van der Waals surface area contributed by atoms with Crippen molar-refractivity contribution < 1.29 is 24.7 Å². The van der Waals surface area contributed by atoms with E-state index in [1.54, 1.807) is 54.7 Å². The van der Waals surface area contributed by atoms with Gasteiger partial charge in [-0.15, -0.1) is 0 Å². The van der Waals surface area contributed by atoms with E-state index in [2.05, 4.69) is 44.6 Å². The molecule has 0 aliphatic heterocycles. The molecule has 0 fully saturated rings. The van der Waals surface area contributed by atoms with Gasteiger partial charge in [-0.3, -0.25) is 19.6 Å². The Hall–Kier alpha value is -4.87. The molecule has 40 heavy (non-hydrogen) atoms. The Bertz CT molecular complexity index is 1440. The number of pyridine rings is 1. The van der Waals surface area contributed by atoms with Crippen LogP contribution < -0.4 is 21.4 Å². The maximum Gasteiger partial charge on any atom is 0.268 e. The van der Waals surface area contributed by atoms with E-state index in [4.69, 9.17) is 16.8 Å². The molecule has 3 aromatic rings. The Balaban J connectivity index is 0.00000560. The molecule has 2 atom stereocenters. The van der Waals surface area contributed by atoms with Crippen LogP contribution in [-0.4, -0.2) is 51.7 Å². The molecule has 0 aliphatic carbocycles. The molecule has 206 valence electrons. The number of carbonyl (C=O) groups is 3. The summed E-state index contributed by atoms with van der Waals surface area (Å²) in [5.74, 6) is 9.51. The van der Waals surface area contributed by atoms with Crippen molar-refractivity contribution in [3.63, 3.8) is 0 Å².